The summed E-state index contributed by atoms with van der Waals surface area (Å²) >= 11 is 6.32. The molecule has 88 valence electrons. The fourth-order valence-electron chi connectivity index (χ4n) is 2.77. The highest BCUT2D eigenvalue weighted by atomic mass is 35.5. The summed E-state index contributed by atoms with van der Waals surface area (Å²) in [5.74, 6) is 0.798. The second-order valence-electron chi connectivity index (χ2n) is 4.73. The molecule has 1 aromatic carbocycles. The SMILES string of the molecule is CCNCC1(c2ccccc2Cl)CC1CC. The summed E-state index contributed by atoms with van der Waals surface area (Å²) in [5, 5.41) is 4.41. The van der Waals surface area contributed by atoms with Gasteiger partial charge in [-0.3, -0.25) is 0 Å². The zero-order chi connectivity index (χ0) is 11.6. The molecule has 16 heavy (non-hydrogen) atoms. The molecular weight excluding hydrogens is 218 g/mol. The first-order chi connectivity index (χ1) is 7.74. The van der Waals surface area contributed by atoms with Gasteiger partial charge in [-0.15, -0.1) is 0 Å². The van der Waals surface area contributed by atoms with Crippen molar-refractivity contribution < 1.29 is 0 Å². The number of halogens is 1. The minimum atomic E-state index is 0.309. The minimum absolute atomic E-state index is 0.309. The average molecular weight is 238 g/mol. The van der Waals surface area contributed by atoms with E-state index in [0.29, 0.717) is 5.41 Å². The van der Waals surface area contributed by atoms with Crippen LogP contribution in [-0.4, -0.2) is 13.1 Å². The van der Waals surface area contributed by atoms with Crippen LogP contribution in [0.25, 0.3) is 0 Å². The molecule has 1 aliphatic carbocycles. The van der Waals surface area contributed by atoms with E-state index >= 15 is 0 Å². The molecule has 0 radical (unpaired) electrons. The molecule has 0 heterocycles. The average Bonchev–Trinajstić information content (AvgIpc) is 3.02. The summed E-state index contributed by atoms with van der Waals surface area (Å²) in [6.07, 6.45) is 2.52. The molecule has 1 nitrogen and oxygen atoms in total. The lowest BCUT2D eigenvalue weighted by atomic mass is 9.92. The van der Waals surface area contributed by atoms with Crippen LogP contribution in [0.3, 0.4) is 0 Å². The Morgan fingerprint density at radius 1 is 1.38 bits per heavy atom. The Morgan fingerprint density at radius 3 is 2.69 bits per heavy atom. The van der Waals surface area contributed by atoms with Crippen LogP contribution in [0, 0.1) is 5.92 Å². The molecule has 2 atom stereocenters. The van der Waals surface area contributed by atoms with Crippen molar-refractivity contribution in [3.63, 3.8) is 0 Å². The van der Waals surface area contributed by atoms with E-state index in [1.165, 1.54) is 18.4 Å². The molecule has 1 N–H and O–H groups in total. The number of likely N-dealkylation sites (N-methyl/N-ethyl adjacent to an activating group) is 1. The van der Waals surface area contributed by atoms with Crippen molar-refractivity contribution in [2.75, 3.05) is 13.1 Å². The van der Waals surface area contributed by atoms with Crippen molar-refractivity contribution in [3.8, 4) is 0 Å². The maximum absolute atomic E-state index is 6.32. The molecule has 0 aromatic heterocycles. The van der Waals surface area contributed by atoms with Gasteiger partial charge < -0.3 is 5.32 Å². The first kappa shape index (κ1) is 11.9. The molecule has 0 spiro atoms. The molecule has 2 unspecified atom stereocenters. The van der Waals surface area contributed by atoms with Crippen LogP contribution in [0.4, 0.5) is 0 Å². The van der Waals surface area contributed by atoms with Crippen LogP contribution < -0.4 is 5.32 Å². The molecule has 0 saturated heterocycles. The number of nitrogens with one attached hydrogen (secondary N) is 1. The lowest BCUT2D eigenvalue weighted by Gasteiger charge is -2.19. The highest BCUT2D eigenvalue weighted by molar-refractivity contribution is 6.31. The third-order valence-corrected chi connectivity index (χ3v) is 4.16. The van der Waals surface area contributed by atoms with Gasteiger partial charge in [0.15, 0.2) is 0 Å². The number of rotatable bonds is 5. The first-order valence-electron chi connectivity index (χ1n) is 6.20. The second-order valence-corrected chi connectivity index (χ2v) is 5.13. The summed E-state index contributed by atoms with van der Waals surface area (Å²) in [7, 11) is 0. The third-order valence-electron chi connectivity index (χ3n) is 3.83. The molecule has 0 aliphatic heterocycles. The molecule has 1 aromatic rings. The van der Waals surface area contributed by atoms with Crippen molar-refractivity contribution in [2.24, 2.45) is 5.92 Å². The largest absolute Gasteiger partial charge is 0.316 e. The molecule has 1 saturated carbocycles. The normalized spacial score (nSPS) is 28.1. The zero-order valence-electron chi connectivity index (χ0n) is 10.1. The lowest BCUT2D eigenvalue weighted by Crippen LogP contribution is -2.28. The van der Waals surface area contributed by atoms with Gasteiger partial charge in [-0.1, -0.05) is 50.1 Å². The Balaban J connectivity index is 2.24. The van der Waals surface area contributed by atoms with Crippen LogP contribution in [0.15, 0.2) is 24.3 Å². The summed E-state index contributed by atoms with van der Waals surface area (Å²) in [6, 6.07) is 8.31. The summed E-state index contributed by atoms with van der Waals surface area (Å²) in [5.41, 5.74) is 1.65. The van der Waals surface area contributed by atoms with E-state index in [2.05, 4.69) is 31.3 Å². The molecule has 2 heteroatoms. The lowest BCUT2D eigenvalue weighted by molar-refractivity contribution is 0.534. The zero-order valence-corrected chi connectivity index (χ0v) is 10.8. The fraction of sp³-hybridized carbons (Fsp3) is 0.571. The molecule has 0 bridgehead atoms. The number of hydrogen-bond donors (Lipinski definition) is 1. The van der Waals surface area contributed by atoms with E-state index in [1.807, 2.05) is 12.1 Å². The Hall–Kier alpha value is -0.530. The van der Waals surface area contributed by atoms with Crippen LogP contribution in [0.1, 0.15) is 32.3 Å². The van der Waals surface area contributed by atoms with E-state index < -0.39 is 0 Å². The van der Waals surface area contributed by atoms with Gasteiger partial charge in [-0.2, -0.15) is 0 Å². The van der Waals surface area contributed by atoms with E-state index in [1.54, 1.807) is 0 Å². The Labute approximate surface area is 103 Å². The molecule has 0 amide bonds. The standard InChI is InChI=1S/C14H20ClN/c1-3-11-9-14(11,10-16-4-2)12-7-5-6-8-13(12)15/h5-8,11,16H,3-4,9-10H2,1-2H3. The highest BCUT2D eigenvalue weighted by Crippen LogP contribution is 2.57. The van der Waals surface area contributed by atoms with Crippen molar-refractivity contribution in [1.82, 2.24) is 5.32 Å². The van der Waals surface area contributed by atoms with E-state index in [9.17, 15) is 0 Å². The maximum Gasteiger partial charge on any atom is 0.0444 e. The van der Waals surface area contributed by atoms with Crippen molar-refractivity contribution in [2.45, 2.75) is 32.1 Å². The summed E-state index contributed by atoms with van der Waals surface area (Å²) < 4.78 is 0. The smallest absolute Gasteiger partial charge is 0.0444 e. The van der Waals surface area contributed by atoms with Gasteiger partial charge in [0, 0.05) is 17.0 Å². The molecular formula is C14H20ClN. The summed E-state index contributed by atoms with van der Waals surface area (Å²) in [4.78, 5) is 0. The van der Waals surface area contributed by atoms with Gasteiger partial charge in [0.2, 0.25) is 0 Å². The van der Waals surface area contributed by atoms with Gasteiger partial charge in [-0.25, -0.2) is 0 Å². The van der Waals surface area contributed by atoms with Gasteiger partial charge in [0.1, 0.15) is 0 Å². The second kappa shape index (κ2) is 4.77. The highest BCUT2D eigenvalue weighted by Gasteiger charge is 2.54. The topological polar surface area (TPSA) is 12.0 Å². The fourth-order valence-corrected chi connectivity index (χ4v) is 3.09. The van der Waals surface area contributed by atoms with E-state index in [0.717, 1.165) is 24.0 Å². The van der Waals surface area contributed by atoms with Gasteiger partial charge >= 0.3 is 0 Å². The van der Waals surface area contributed by atoms with Gasteiger partial charge in [0.25, 0.3) is 0 Å². The van der Waals surface area contributed by atoms with Gasteiger partial charge in [-0.05, 0) is 30.5 Å². The summed E-state index contributed by atoms with van der Waals surface area (Å²) in [6.45, 7) is 6.52. The number of hydrogen-bond acceptors (Lipinski definition) is 1. The molecule has 2 rings (SSSR count). The Kier molecular flexibility index (Phi) is 3.56. The first-order valence-corrected chi connectivity index (χ1v) is 6.58. The van der Waals surface area contributed by atoms with Crippen molar-refractivity contribution in [1.29, 1.82) is 0 Å². The molecule has 1 aliphatic rings. The number of benzene rings is 1. The van der Waals surface area contributed by atoms with Crippen molar-refractivity contribution in [3.05, 3.63) is 34.9 Å². The van der Waals surface area contributed by atoms with Crippen molar-refractivity contribution >= 4 is 11.6 Å². The predicted octanol–water partition coefficient (Wildman–Crippen LogP) is 3.62. The Morgan fingerprint density at radius 2 is 2.12 bits per heavy atom. The van der Waals surface area contributed by atoms with Gasteiger partial charge in [0.05, 0.1) is 0 Å². The van der Waals surface area contributed by atoms with Crippen LogP contribution in [-0.2, 0) is 5.41 Å². The minimum Gasteiger partial charge on any atom is -0.316 e. The maximum atomic E-state index is 6.32. The molecule has 1 fully saturated rings. The quantitative estimate of drug-likeness (QED) is 0.825. The van der Waals surface area contributed by atoms with Crippen LogP contribution in [0.2, 0.25) is 5.02 Å². The van der Waals surface area contributed by atoms with Crippen LogP contribution >= 0.6 is 11.6 Å². The van der Waals surface area contributed by atoms with E-state index in [-0.39, 0.29) is 0 Å². The monoisotopic (exact) mass is 237 g/mol. The van der Waals surface area contributed by atoms with E-state index in [4.69, 9.17) is 11.6 Å². The third kappa shape index (κ3) is 1.99. The van der Waals surface area contributed by atoms with Crippen LogP contribution in [0.5, 0.6) is 0 Å². The Bertz CT molecular complexity index is 364. The predicted molar refractivity (Wildman–Crippen MR) is 70.1 cm³/mol.